The molecule has 0 aliphatic rings. The summed E-state index contributed by atoms with van der Waals surface area (Å²) in [6.45, 7) is -0.567. The van der Waals surface area contributed by atoms with Crippen LogP contribution in [0.15, 0.2) is 72.8 Å². The molecule has 0 heterocycles. The lowest BCUT2D eigenvalue weighted by Crippen LogP contribution is -2.22. The van der Waals surface area contributed by atoms with Gasteiger partial charge in [-0.15, -0.1) is 0 Å². The fraction of sp³-hybridized carbons (Fsp3) is 0.120. The first-order valence-electron chi connectivity index (χ1n) is 10.1. The first kappa shape index (κ1) is 26.1. The zero-order valence-electron chi connectivity index (χ0n) is 17.9. The second kappa shape index (κ2) is 11.8. The van der Waals surface area contributed by atoms with Gasteiger partial charge in [0.25, 0.3) is 5.91 Å². The maximum Gasteiger partial charge on any atom is 0.418 e. The van der Waals surface area contributed by atoms with Gasteiger partial charge in [0.1, 0.15) is 12.4 Å². The zero-order chi connectivity index (χ0) is 25.4. The number of carbonyl (C=O) groups is 2. The molecule has 0 saturated carbocycles. The van der Waals surface area contributed by atoms with Crippen LogP contribution in [-0.4, -0.2) is 18.5 Å². The highest BCUT2D eigenvalue weighted by Gasteiger charge is 2.33. The molecule has 0 saturated heterocycles. The molecule has 3 aromatic rings. The van der Waals surface area contributed by atoms with Crippen molar-refractivity contribution in [3.8, 4) is 5.75 Å². The van der Waals surface area contributed by atoms with E-state index in [9.17, 15) is 22.8 Å². The number of esters is 1. The molecule has 1 N–H and O–H groups in total. The fourth-order valence-corrected chi connectivity index (χ4v) is 3.38. The first-order chi connectivity index (χ1) is 16.6. The van der Waals surface area contributed by atoms with Crippen molar-refractivity contribution in [3.05, 3.63) is 99.5 Å². The minimum absolute atomic E-state index is 0.176. The lowest BCUT2D eigenvalue weighted by atomic mass is 10.1. The average Bonchev–Trinajstić information content (AvgIpc) is 2.81. The SMILES string of the molecule is O=C(COC(=O)C=Cc1ccc(OCc2c(Cl)cccc2Cl)cc1)Nc1ccccc1C(F)(F)F. The van der Waals surface area contributed by atoms with E-state index in [4.69, 9.17) is 32.7 Å². The van der Waals surface area contributed by atoms with E-state index in [1.807, 2.05) is 0 Å². The Bertz CT molecular complexity index is 1210. The number of halogens is 5. The van der Waals surface area contributed by atoms with Crippen molar-refractivity contribution in [2.75, 3.05) is 11.9 Å². The predicted octanol–water partition coefficient (Wildman–Crippen LogP) is 6.79. The Hall–Kier alpha value is -3.49. The third-order valence-electron chi connectivity index (χ3n) is 4.59. The molecule has 0 radical (unpaired) electrons. The van der Waals surface area contributed by atoms with Crippen molar-refractivity contribution in [3.63, 3.8) is 0 Å². The Balaban J connectivity index is 1.48. The summed E-state index contributed by atoms with van der Waals surface area (Å²) >= 11 is 12.2. The number of para-hydroxylation sites is 1. The standard InChI is InChI=1S/C25H18Cl2F3NO4/c26-20-5-3-6-21(27)18(20)14-34-17-11-8-16(9-12-17)10-13-24(33)35-15-23(32)31-22-7-2-1-4-19(22)25(28,29)30/h1-13H,14-15H2,(H,31,32). The van der Waals surface area contributed by atoms with E-state index in [0.717, 1.165) is 18.2 Å². The summed E-state index contributed by atoms with van der Waals surface area (Å²) < 4.78 is 49.4. The molecular weight excluding hydrogens is 506 g/mol. The molecule has 0 aliphatic carbocycles. The van der Waals surface area contributed by atoms with Crippen LogP contribution in [0.3, 0.4) is 0 Å². The van der Waals surface area contributed by atoms with Crippen molar-refractivity contribution in [1.29, 1.82) is 0 Å². The molecule has 3 aromatic carbocycles. The monoisotopic (exact) mass is 523 g/mol. The number of anilines is 1. The number of nitrogens with one attached hydrogen (secondary N) is 1. The Morgan fingerprint density at radius 1 is 0.914 bits per heavy atom. The molecule has 3 rings (SSSR count). The minimum Gasteiger partial charge on any atom is -0.489 e. The largest absolute Gasteiger partial charge is 0.489 e. The number of alkyl halides is 3. The van der Waals surface area contributed by atoms with Crippen molar-refractivity contribution in [2.45, 2.75) is 12.8 Å². The van der Waals surface area contributed by atoms with Crippen LogP contribution >= 0.6 is 23.2 Å². The number of hydrogen-bond acceptors (Lipinski definition) is 4. The Morgan fingerprint density at radius 3 is 2.23 bits per heavy atom. The molecule has 1 amide bonds. The van der Waals surface area contributed by atoms with Gasteiger partial charge in [0.15, 0.2) is 6.61 Å². The summed E-state index contributed by atoms with van der Waals surface area (Å²) in [5.41, 5.74) is -0.111. The van der Waals surface area contributed by atoms with Crippen LogP contribution in [0.2, 0.25) is 10.0 Å². The molecule has 0 bridgehead atoms. The van der Waals surface area contributed by atoms with Gasteiger partial charge in [0.05, 0.1) is 11.3 Å². The third-order valence-corrected chi connectivity index (χ3v) is 5.30. The van der Waals surface area contributed by atoms with Gasteiger partial charge in [-0.3, -0.25) is 4.79 Å². The summed E-state index contributed by atoms with van der Waals surface area (Å²) in [6.07, 6.45) is -2.09. The highest BCUT2D eigenvalue weighted by Crippen LogP contribution is 2.34. The lowest BCUT2D eigenvalue weighted by molar-refractivity contribution is -0.142. The van der Waals surface area contributed by atoms with E-state index in [0.29, 0.717) is 26.9 Å². The second-order valence-corrected chi connectivity index (χ2v) is 7.90. The highest BCUT2D eigenvalue weighted by atomic mass is 35.5. The highest BCUT2D eigenvalue weighted by molar-refractivity contribution is 6.35. The molecule has 0 aliphatic heterocycles. The number of hydrogen-bond donors (Lipinski definition) is 1. The van der Waals surface area contributed by atoms with Gasteiger partial charge in [0.2, 0.25) is 0 Å². The zero-order valence-corrected chi connectivity index (χ0v) is 19.5. The van der Waals surface area contributed by atoms with Crippen LogP contribution in [0, 0.1) is 0 Å². The molecular formula is C25H18Cl2F3NO4. The van der Waals surface area contributed by atoms with Gasteiger partial charge >= 0.3 is 12.1 Å². The summed E-state index contributed by atoms with van der Waals surface area (Å²) in [6, 6.07) is 16.4. The van der Waals surface area contributed by atoms with Crippen molar-refractivity contribution in [2.24, 2.45) is 0 Å². The smallest absolute Gasteiger partial charge is 0.418 e. The van der Waals surface area contributed by atoms with E-state index in [1.54, 1.807) is 42.5 Å². The molecule has 0 fully saturated rings. The topological polar surface area (TPSA) is 64.6 Å². The number of carbonyl (C=O) groups excluding carboxylic acids is 2. The molecule has 0 unspecified atom stereocenters. The van der Waals surface area contributed by atoms with Crippen molar-refractivity contribution >= 4 is 46.8 Å². The minimum atomic E-state index is -4.63. The molecule has 35 heavy (non-hydrogen) atoms. The Morgan fingerprint density at radius 2 is 1.57 bits per heavy atom. The summed E-state index contributed by atoms with van der Waals surface area (Å²) in [5, 5.41) is 3.08. The Labute approximate surface area is 209 Å². The molecule has 5 nitrogen and oxygen atoms in total. The maximum absolute atomic E-state index is 13.0. The number of ether oxygens (including phenoxy) is 2. The predicted molar refractivity (Wildman–Crippen MR) is 127 cm³/mol. The maximum atomic E-state index is 13.0. The third kappa shape index (κ3) is 7.77. The lowest BCUT2D eigenvalue weighted by Gasteiger charge is -2.13. The van der Waals surface area contributed by atoms with Crippen LogP contribution in [0.25, 0.3) is 6.08 Å². The van der Waals surface area contributed by atoms with Crippen LogP contribution in [-0.2, 0) is 27.1 Å². The summed E-state index contributed by atoms with van der Waals surface area (Å²) in [7, 11) is 0. The van der Waals surface area contributed by atoms with Crippen LogP contribution < -0.4 is 10.1 Å². The Kier molecular flexibility index (Phi) is 8.78. The van der Waals surface area contributed by atoms with Gasteiger partial charge < -0.3 is 14.8 Å². The van der Waals surface area contributed by atoms with Gasteiger partial charge in [-0.05, 0) is 48.0 Å². The molecule has 182 valence electrons. The summed E-state index contributed by atoms with van der Waals surface area (Å²) in [5.74, 6) is -1.18. The molecule has 0 atom stereocenters. The van der Waals surface area contributed by atoms with E-state index in [2.05, 4.69) is 5.32 Å². The van der Waals surface area contributed by atoms with Crippen LogP contribution in [0.1, 0.15) is 16.7 Å². The quantitative estimate of drug-likeness (QED) is 0.261. The van der Waals surface area contributed by atoms with Crippen LogP contribution in [0.5, 0.6) is 5.75 Å². The van der Waals surface area contributed by atoms with Gasteiger partial charge in [-0.2, -0.15) is 13.2 Å². The number of amides is 1. The van der Waals surface area contributed by atoms with Gasteiger partial charge in [0, 0.05) is 21.7 Å². The first-order valence-corrected chi connectivity index (χ1v) is 10.9. The molecule has 10 heteroatoms. The molecule has 0 spiro atoms. The van der Waals surface area contributed by atoms with Crippen molar-refractivity contribution in [1.82, 2.24) is 0 Å². The van der Waals surface area contributed by atoms with E-state index in [1.165, 1.54) is 18.2 Å². The van der Waals surface area contributed by atoms with E-state index in [-0.39, 0.29) is 6.61 Å². The number of benzene rings is 3. The van der Waals surface area contributed by atoms with E-state index >= 15 is 0 Å². The number of rotatable bonds is 8. The van der Waals surface area contributed by atoms with Crippen LogP contribution in [0.4, 0.5) is 18.9 Å². The van der Waals surface area contributed by atoms with Gasteiger partial charge in [-0.25, -0.2) is 4.79 Å². The van der Waals surface area contributed by atoms with Gasteiger partial charge in [-0.1, -0.05) is 53.5 Å². The normalized spacial score (nSPS) is 11.3. The fourth-order valence-electron chi connectivity index (χ4n) is 2.88. The average molecular weight is 524 g/mol. The molecule has 0 aromatic heterocycles. The van der Waals surface area contributed by atoms with E-state index < -0.39 is 35.9 Å². The summed E-state index contributed by atoms with van der Waals surface area (Å²) in [4.78, 5) is 23.8. The van der Waals surface area contributed by atoms with Crippen molar-refractivity contribution < 1.29 is 32.2 Å². The second-order valence-electron chi connectivity index (χ2n) is 7.09.